The van der Waals surface area contributed by atoms with E-state index in [1.165, 1.54) is 0 Å². The van der Waals surface area contributed by atoms with Gasteiger partial charge in [0.1, 0.15) is 11.3 Å². The van der Waals surface area contributed by atoms with Crippen LogP contribution >= 0.6 is 0 Å². The Bertz CT molecular complexity index is 738. The number of aryl methyl sites for hydroxylation is 3. The smallest absolute Gasteiger partial charge is 0.344 e. The number of hydrogen-bond donors (Lipinski definition) is 0. The van der Waals surface area contributed by atoms with E-state index in [1.54, 1.807) is 27.0 Å². The molecule has 0 spiro atoms. The van der Waals surface area contributed by atoms with Crippen LogP contribution in [0.15, 0.2) is 10.6 Å². The van der Waals surface area contributed by atoms with Crippen molar-refractivity contribution in [2.45, 2.75) is 34.2 Å². The number of Topliss-reactive ketones (excluding diaryl/α,β-unsaturated/α-hetero) is 1. The molecule has 0 unspecified atom stereocenters. The van der Waals surface area contributed by atoms with E-state index in [2.05, 4.69) is 5.16 Å². The van der Waals surface area contributed by atoms with Gasteiger partial charge in [-0.2, -0.15) is 0 Å². The highest BCUT2D eigenvalue weighted by molar-refractivity contribution is 6.00. The lowest BCUT2D eigenvalue weighted by molar-refractivity contribution is 0.0472. The molecule has 0 atom stereocenters. The van der Waals surface area contributed by atoms with Gasteiger partial charge < -0.3 is 18.6 Å². The molecule has 24 heavy (non-hydrogen) atoms. The summed E-state index contributed by atoms with van der Waals surface area (Å²) >= 11 is 0. The van der Waals surface area contributed by atoms with Gasteiger partial charge in [0.25, 0.3) is 0 Å². The van der Waals surface area contributed by atoms with Gasteiger partial charge in [0.2, 0.25) is 5.78 Å². The molecule has 0 fully saturated rings. The molecule has 0 radical (unpaired) electrons. The maximum absolute atomic E-state index is 12.4. The zero-order valence-electron chi connectivity index (χ0n) is 14.6. The Morgan fingerprint density at radius 3 is 2.54 bits per heavy atom. The number of ether oxygens (including phenoxy) is 2. The molecular weight excluding hydrogens is 312 g/mol. The molecule has 0 saturated heterocycles. The van der Waals surface area contributed by atoms with Gasteiger partial charge in [-0.05, 0) is 33.8 Å². The first-order chi connectivity index (χ1) is 11.4. The zero-order chi connectivity index (χ0) is 17.9. The summed E-state index contributed by atoms with van der Waals surface area (Å²) in [6.45, 7) is 7.98. The van der Waals surface area contributed by atoms with E-state index in [9.17, 15) is 9.59 Å². The SMILES string of the molecule is COCCn1c(C)cc(C(=O)COC(=O)c2c(C)noc2C)c1C. The molecule has 0 aliphatic rings. The summed E-state index contributed by atoms with van der Waals surface area (Å²) in [6.07, 6.45) is 0. The van der Waals surface area contributed by atoms with E-state index >= 15 is 0 Å². The molecule has 7 nitrogen and oxygen atoms in total. The summed E-state index contributed by atoms with van der Waals surface area (Å²) in [5.41, 5.74) is 3.07. The molecule has 2 aromatic heterocycles. The van der Waals surface area contributed by atoms with Gasteiger partial charge in [-0.3, -0.25) is 4.79 Å². The Morgan fingerprint density at radius 2 is 1.96 bits per heavy atom. The number of aromatic nitrogens is 2. The number of ketones is 1. The standard InChI is InChI=1S/C17H22N2O5/c1-10-8-14(12(3)19(10)6-7-22-5)15(20)9-23-17(21)16-11(2)18-24-13(16)4/h8H,6-7,9H2,1-5H3. The number of nitrogens with zero attached hydrogens (tertiary/aromatic N) is 2. The summed E-state index contributed by atoms with van der Waals surface area (Å²) < 4.78 is 17.1. The third-order valence-corrected chi connectivity index (χ3v) is 3.96. The van der Waals surface area contributed by atoms with Crippen LogP contribution in [0.5, 0.6) is 0 Å². The first kappa shape index (κ1) is 17.9. The largest absolute Gasteiger partial charge is 0.454 e. The van der Waals surface area contributed by atoms with Gasteiger partial charge in [0, 0.05) is 30.6 Å². The van der Waals surface area contributed by atoms with Gasteiger partial charge >= 0.3 is 5.97 Å². The highest BCUT2D eigenvalue weighted by Gasteiger charge is 2.22. The molecule has 0 bridgehead atoms. The minimum Gasteiger partial charge on any atom is -0.454 e. The van der Waals surface area contributed by atoms with E-state index in [1.807, 2.05) is 18.4 Å². The molecule has 0 aliphatic carbocycles. The van der Waals surface area contributed by atoms with Crippen molar-refractivity contribution in [2.75, 3.05) is 20.3 Å². The Labute approximate surface area is 140 Å². The quantitative estimate of drug-likeness (QED) is 0.571. The second-order valence-electron chi connectivity index (χ2n) is 5.63. The molecule has 0 aliphatic heterocycles. The fourth-order valence-corrected chi connectivity index (χ4v) is 2.67. The summed E-state index contributed by atoms with van der Waals surface area (Å²) in [5, 5.41) is 3.70. The van der Waals surface area contributed by atoms with Gasteiger partial charge in [-0.1, -0.05) is 5.16 Å². The van der Waals surface area contributed by atoms with Gasteiger partial charge in [0.15, 0.2) is 6.61 Å². The molecule has 0 N–H and O–H groups in total. The lowest BCUT2D eigenvalue weighted by Crippen LogP contribution is -2.16. The molecule has 0 saturated carbocycles. The number of carbonyl (C=O) groups excluding carboxylic acids is 2. The Balaban J connectivity index is 2.07. The highest BCUT2D eigenvalue weighted by atomic mass is 16.5. The van der Waals surface area contributed by atoms with Crippen LogP contribution in [0.2, 0.25) is 0 Å². The minimum atomic E-state index is -0.604. The van der Waals surface area contributed by atoms with Crippen molar-refractivity contribution in [1.82, 2.24) is 9.72 Å². The minimum absolute atomic E-state index is 0.244. The lowest BCUT2D eigenvalue weighted by Gasteiger charge is -2.09. The highest BCUT2D eigenvalue weighted by Crippen LogP contribution is 2.17. The third kappa shape index (κ3) is 3.56. The first-order valence-corrected chi connectivity index (χ1v) is 7.65. The molecular formula is C17H22N2O5. The van der Waals surface area contributed by atoms with E-state index in [-0.39, 0.29) is 18.0 Å². The predicted molar refractivity (Wildman–Crippen MR) is 86.4 cm³/mol. The van der Waals surface area contributed by atoms with Crippen molar-refractivity contribution in [3.63, 3.8) is 0 Å². The van der Waals surface area contributed by atoms with E-state index in [4.69, 9.17) is 14.0 Å². The van der Waals surface area contributed by atoms with Crippen LogP contribution in [-0.2, 0) is 16.0 Å². The Hall–Kier alpha value is -2.41. The van der Waals surface area contributed by atoms with Crippen molar-refractivity contribution in [3.8, 4) is 0 Å². The lowest BCUT2D eigenvalue weighted by atomic mass is 10.1. The number of rotatable bonds is 7. The summed E-state index contributed by atoms with van der Waals surface area (Å²) in [6, 6.07) is 1.80. The number of esters is 1. The van der Waals surface area contributed by atoms with Crippen molar-refractivity contribution in [1.29, 1.82) is 0 Å². The van der Waals surface area contributed by atoms with Gasteiger partial charge in [-0.25, -0.2) is 4.79 Å². The van der Waals surface area contributed by atoms with E-state index < -0.39 is 5.97 Å². The number of carbonyl (C=O) groups is 2. The molecule has 2 heterocycles. The maximum Gasteiger partial charge on any atom is 0.344 e. The molecule has 2 aromatic rings. The molecule has 7 heteroatoms. The van der Waals surface area contributed by atoms with Crippen LogP contribution in [0, 0.1) is 27.7 Å². The zero-order valence-corrected chi connectivity index (χ0v) is 14.6. The fraction of sp³-hybridized carbons (Fsp3) is 0.471. The van der Waals surface area contributed by atoms with Crippen molar-refractivity contribution >= 4 is 11.8 Å². The van der Waals surface area contributed by atoms with Crippen LogP contribution in [-0.4, -0.2) is 41.8 Å². The third-order valence-electron chi connectivity index (χ3n) is 3.96. The monoisotopic (exact) mass is 334 g/mol. The van der Waals surface area contributed by atoms with E-state index in [0.717, 1.165) is 11.4 Å². The van der Waals surface area contributed by atoms with Crippen molar-refractivity contribution in [2.24, 2.45) is 0 Å². The van der Waals surface area contributed by atoms with Gasteiger partial charge in [-0.15, -0.1) is 0 Å². The first-order valence-electron chi connectivity index (χ1n) is 7.65. The van der Waals surface area contributed by atoms with Crippen LogP contribution < -0.4 is 0 Å². The van der Waals surface area contributed by atoms with Crippen molar-refractivity contribution in [3.05, 3.63) is 40.0 Å². The predicted octanol–water partition coefficient (Wildman–Crippen LogP) is 2.40. The summed E-state index contributed by atoms with van der Waals surface area (Å²) in [5.74, 6) is -0.470. The van der Waals surface area contributed by atoms with Crippen LogP contribution in [0.4, 0.5) is 0 Å². The summed E-state index contributed by atoms with van der Waals surface area (Å²) in [7, 11) is 1.63. The fourth-order valence-electron chi connectivity index (χ4n) is 2.67. The Morgan fingerprint density at radius 1 is 1.25 bits per heavy atom. The average molecular weight is 334 g/mol. The normalized spacial score (nSPS) is 10.9. The topological polar surface area (TPSA) is 83.6 Å². The summed E-state index contributed by atoms with van der Waals surface area (Å²) in [4.78, 5) is 24.5. The second kappa shape index (κ2) is 7.44. The number of hydrogen-bond acceptors (Lipinski definition) is 6. The molecule has 2 rings (SSSR count). The van der Waals surface area contributed by atoms with Crippen LogP contribution in [0.25, 0.3) is 0 Å². The molecule has 0 aromatic carbocycles. The Kier molecular flexibility index (Phi) is 5.56. The van der Waals surface area contributed by atoms with E-state index in [0.29, 0.717) is 30.2 Å². The van der Waals surface area contributed by atoms with Crippen LogP contribution in [0.3, 0.4) is 0 Å². The van der Waals surface area contributed by atoms with Gasteiger partial charge in [0.05, 0.1) is 12.3 Å². The van der Waals surface area contributed by atoms with Crippen LogP contribution in [0.1, 0.15) is 43.6 Å². The average Bonchev–Trinajstić information content (AvgIpc) is 3.02. The second-order valence-corrected chi connectivity index (χ2v) is 5.63. The molecule has 0 amide bonds. The number of methoxy groups -OCH3 is 1. The maximum atomic E-state index is 12.4. The van der Waals surface area contributed by atoms with Crippen molar-refractivity contribution < 1.29 is 23.6 Å². The molecule has 130 valence electrons.